The second-order valence-corrected chi connectivity index (χ2v) is 6.79. The van der Waals surface area contributed by atoms with Crippen LogP contribution in [0.25, 0.3) is 0 Å². The molecule has 4 atom stereocenters. The van der Waals surface area contributed by atoms with Gasteiger partial charge in [-0.3, -0.25) is 4.90 Å². The van der Waals surface area contributed by atoms with E-state index in [1.54, 1.807) is 0 Å². The third kappa shape index (κ3) is 3.48. The molecular formula is C16H32N2. The van der Waals surface area contributed by atoms with Crippen molar-refractivity contribution in [2.75, 3.05) is 13.6 Å². The molecule has 0 radical (unpaired) electrons. The molecule has 0 aromatic carbocycles. The van der Waals surface area contributed by atoms with Gasteiger partial charge in [-0.2, -0.15) is 0 Å². The van der Waals surface area contributed by atoms with Crippen LogP contribution >= 0.6 is 0 Å². The van der Waals surface area contributed by atoms with Gasteiger partial charge < -0.3 is 5.32 Å². The molecule has 4 unspecified atom stereocenters. The average Bonchev–Trinajstić information content (AvgIpc) is 3.19. The van der Waals surface area contributed by atoms with Gasteiger partial charge in [-0.05, 0) is 70.9 Å². The zero-order valence-corrected chi connectivity index (χ0v) is 12.8. The number of hydrogen-bond acceptors (Lipinski definition) is 2. The number of nitrogens with one attached hydrogen (secondary N) is 1. The van der Waals surface area contributed by atoms with Gasteiger partial charge in [0.1, 0.15) is 0 Å². The summed E-state index contributed by atoms with van der Waals surface area (Å²) in [4.78, 5) is 2.70. The third-order valence-corrected chi connectivity index (χ3v) is 5.21. The van der Waals surface area contributed by atoms with Gasteiger partial charge in [-0.1, -0.05) is 13.8 Å². The smallest absolute Gasteiger partial charge is 0.0251 e. The van der Waals surface area contributed by atoms with E-state index >= 15 is 0 Å². The van der Waals surface area contributed by atoms with E-state index < -0.39 is 0 Å². The van der Waals surface area contributed by atoms with Crippen LogP contribution in [0.1, 0.15) is 59.3 Å². The summed E-state index contributed by atoms with van der Waals surface area (Å²) in [6, 6.07) is 2.27. The predicted octanol–water partition coefficient (Wildman–Crippen LogP) is 3.27. The van der Waals surface area contributed by atoms with Crippen LogP contribution in [-0.2, 0) is 0 Å². The van der Waals surface area contributed by atoms with E-state index in [-0.39, 0.29) is 0 Å². The minimum atomic E-state index is 0.729. The van der Waals surface area contributed by atoms with Crippen molar-refractivity contribution in [1.82, 2.24) is 10.2 Å². The van der Waals surface area contributed by atoms with Gasteiger partial charge >= 0.3 is 0 Å². The molecule has 2 nitrogen and oxygen atoms in total. The lowest BCUT2D eigenvalue weighted by atomic mass is 9.82. The standard InChI is InChI=1S/C16H32N2/c1-5-10-17-15-9-6-12(2)11-16(15)18(4)13(3)14-7-8-14/h12-17H,5-11H2,1-4H3. The van der Waals surface area contributed by atoms with Crippen LogP contribution in [0.5, 0.6) is 0 Å². The molecule has 0 heterocycles. The normalized spacial score (nSPS) is 34.8. The topological polar surface area (TPSA) is 15.3 Å². The first kappa shape index (κ1) is 14.3. The molecular weight excluding hydrogens is 220 g/mol. The molecule has 1 N–H and O–H groups in total. The summed E-state index contributed by atoms with van der Waals surface area (Å²) in [5.41, 5.74) is 0. The van der Waals surface area contributed by atoms with Crippen LogP contribution in [0, 0.1) is 11.8 Å². The largest absolute Gasteiger partial charge is 0.312 e. The minimum absolute atomic E-state index is 0.729. The van der Waals surface area contributed by atoms with E-state index in [4.69, 9.17) is 0 Å². The van der Waals surface area contributed by atoms with Gasteiger partial charge in [0.15, 0.2) is 0 Å². The fourth-order valence-electron chi connectivity index (χ4n) is 3.58. The molecule has 0 amide bonds. The summed E-state index contributed by atoms with van der Waals surface area (Å²) in [6.45, 7) is 8.32. The Hall–Kier alpha value is -0.0800. The lowest BCUT2D eigenvalue weighted by Gasteiger charge is -2.43. The second-order valence-electron chi connectivity index (χ2n) is 6.79. The monoisotopic (exact) mass is 252 g/mol. The second kappa shape index (κ2) is 6.38. The SMILES string of the molecule is CCCNC1CCC(C)CC1N(C)C(C)C1CC1. The summed E-state index contributed by atoms with van der Waals surface area (Å²) in [5.74, 6) is 1.89. The summed E-state index contributed by atoms with van der Waals surface area (Å²) >= 11 is 0. The fraction of sp³-hybridized carbons (Fsp3) is 1.00. The van der Waals surface area contributed by atoms with Gasteiger partial charge in [0, 0.05) is 18.1 Å². The number of likely N-dealkylation sites (N-methyl/N-ethyl adjacent to an activating group) is 1. The fourth-order valence-corrected chi connectivity index (χ4v) is 3.58. The molecule has 2 fully saturated rings. The van der Waals surface area contributed by atoms with E-state index in [9.17, 15) is 0 Å². The Balaban J connectivity index is 1.94. The zero-order valence-electron chi connectivity index (χ0n) is 12.8. The first-order chi connectivity index (χ1) is 8.63. The zero-order chi connectivity index (χ0) is 13.1. The lowest BCUT2D eigenvalue weighted by Crippen LogP contribution is -2.54. The Morgan fingerprint density at radius 3 is 2.56 bits per heavy atom. The molecule has 18 heavy (non-hydrogen) atoms. The highest BCUT2D eigenvalue weighted by Crippen LogP contribution is 2.37. The van der Waals surface area contributed by atoms with Gasteiger partial charge in [-0.15, -0.1) is 0 Å². The van der Waals surface area contributed by atoms with E-state index in [0.29, 0.717) is 0 Å². The van der Waals surface area contributed by atoms with E-state index in [1.165, 1.54) is 45.1 Å². The highest BCUT2D eigenvalue weighted by molar-refractivity contribution is 4.94. The summed E-state index contributed by atoms with van der Waals surface area (Å²) in [6.07, 6.45) is 8.33. The molecule has 2 rings (SSSR count). The molecule has 2 aliphatic rings. The molecule has 0 aliphatic heterocycles. The summed E-state index contributed by atoms with van der Waals surface area (Å²) < 4.78 is 0. The molecule has 0 saturated heterocycles. The Morgan fingerprint density at radius 1 is 1.22 bits per heavy atom. The third-order valence-electron chi connectivity index (χ3n) is 5.21. The molecule has 2 saturated carbocycles. The molecule has 0 aromatic heterocycles. The van der Waals surface area contributed by atoms with Crippen molar-refractivity contribution in [3.8, 4) is 0 Å². The molecule has 106 valence electrons. The molecule has 2 aliphatic carbocycles. The first-order valence-corrected chi connectivity index (χ1v) is 8.08. The highest BCUT2D eigenvalue weighted by atomic mass is 15.2. The van der Waals surface area contributed by atoms with Crippen molar-refractivity contribution < 1.29 is 0 Å². The molecule has 0 bridgehead atoms. The maximum Gasteiger partial charge on any atom is 0.0251 e. The van der Waals surface area contributed by atoms with Crippen molar-refractivity contribution >= 4 is 0 Å². The Bertz CT molecular complexity index is 247. The van der Waals surface area contributed by atoms with Crippen LogP contribution in [-0.4, -0.2) is 36.6 Å². The quantitative estimate of drug-likeness (QED) is 0.780. The molecule has 0 spiro atoms. The minimum Gasteiger partial charge on any atom is -0.312 e. The van der Waals surface area contributed by atoms with Crippen LogP contribution < -0.4 is 5.32 Å². The number of hydrogen-bond donors (Lipinski definition) is 1. The van der Waals surface area contributed by atoms with Crippen molar-refractivity contribution in [2.24, 2.45) is 11.8 Å². The summed E-state index contributed by atoms with van der Waals surface area (Å²) in [5, 5.41) is 3.80. The highest BCUT2D eigenvalue weighted by Gasteiger charge is 2.37. The summed E-state index contributed by atoms with van der Waals surface area (Å²) in [7, 11) is 2.37. The maximum atomic E-state index is 3.80. The van der Waals surface area contributed by atoms with E-state index in [0.717, 1.165) is 30.0 Å². The average molecular weight is 252 g/mol. The van der Waals surface area contributed by atoms with Gasteiger partial charge in [-0.25, -0.2) is 0 Å². The van der Waals surface area contributed by atoms with Crippen LogP contribution in [0.15, 0.2) is 0 Å². The van der Waals surface area contributed by atoms with Crippen LogP contribution in [0.2, 0.25) is 0 Å². The first-order valence-electron chi connectivity index (χ1n) is 8.08. The van der Waals surface area contributed by atoms with Crippen molar-refractivity contribution in [3.63, 3.8) is 0 Å². The van der Waals surface area contributed by atoms with Crippen molar-refractivity contribution in [1.29, 1.82) is 0 Å². The molecule has 2 heteroatoms. The van der Waals surface area contributed by atoms with Gasteiger partial charge in [0.05, 0.1) is 0 Å². The number of rotatable bonds is 6. The maximum absolute atomic E-state index is 3.80. The number of nitrogens with zero attached hydrogens (tertiary/aromatic N) is 1. The van der Waals surface area contributed by atoms with Gasteiger partial charge in [0.2, 0.25) is 0 Å². The Kier molecular flexibility index (Phi) is 5.08. The van der Waals surface area contributed by atoms with E-state index in [1.807, 2.05) is 0 Å². The van der Waals surface area contributed by atoms with Crippen LogP contribution in [0.3, 0.4) is 0 Å². The van der Waals surface area contributed by atoms with Crippen LogP contribution in [0.4, 0.5) is 0 Å². The van der Waals surface area contributed by atoms with E-state index in [2.05, 4.69) is 38.0 Å². The van der Waals surface area contributed by atoms with Crippen molar-refractivity contribution in [3.05, 3.63) is 0 Å². The Morgan fingerprint density at radius 2 is 1.94 bits per heavy atom. The molecule has 0 aromatic rings. The Labute approximate surface area is 114 Å². The van der Waals surface area contributed by atoms with Crippen molar-refractivity contribution in [2.45, 2.75) is 77.4 Å². The lowest BCUT2D eigenvalue weighted by molar-refractivity contribution is 0.0852. The predicted molar refractivity (Wildman–Crippen MR) is 78.8 cm³/mol. The van der Waals surface area contributed by atoms with Gasteiger partial charge in [0.25, 0.3) is 0 Å².